The van der Waals surface area contributed by atoms with E-state index in [0.29, 0.717) is 5.38 Å². The van der Waals surface area contributed by atoms with Gasteiger partial charge in [0.25, 0.3) is 0 Å². The fraction of sp³-hybridized carbons (Fsp3) is 0.778. The molecule has 1 rings (SSSR count). The first-order valence-corrected chi connectivity index (χ1v) is 4.72. The van der Waals surface area contributed by atoms with Crippen molar-refractivity contribution in [2.24, 2.45) is 5.92 Å². The maximum Gasteiger partial charge on any atom is 0.0339 e. The number of halogens is 1. The molecule has 0 aliphatic heterocycles. The maximum absolute atomic E-state index is 5.97. The summed E-state index contributed by atoms with van der Waals surface area (Å²) < 4.78 is 0. The van der Waals surface area contributed by atoms with Crippen LogP contribution < -0.4 is 5.32 Å². The van der Waals surface area contributed by atoms with Crippen molar-refractivity contribution in [3.05, 3.63) is 12.7 Å². The third kappa shape index (κ3) is 3.26. The topological polar surface area (TPSA) is 12.0 Å². The highest BCUT2D eigenvalue weighted by molar-refractivity contribution is 6.20. The highest BCUT2D eigenvalue weighted by atomic mass is 35.5. The lowest BCUT2D eigenvalue weighted by atomic mass is 10.1. The molecule has 0 amide bonds. The molecule has 1 aliphatic rings. The van der Waals surface area contributed by atoms with Crippen molar-refractivity contribution in [2.75, 3.05) is 13.1 Å². The maximum atomic E-state index is 5.97. The van der Waals surface area contributed by atoms with Gasteiger partial charge < -0.3 is 5.32 Å². The Labute approximate surface area is 73.8 Å². The van der Waals surface area contributed by atoms with Crippen molar-refractivity contribution in [3.63, 3.8) is 0 Å². The van der Waals surface area contributed by atoms with Gasteiger partial charge in [-0.05, 0) is 31.7 Å². The van der Waals surface area contributed by atoms with E-state index in [4.69, 9.17) is 11.6 Å². The molecular weight excluding hydrogens is 158 g/mol. The van der Waals surface area contributed by atoms with E-state index < -0.39 is 0 Å². The van der Waals surface area contributed by atoms with Crippen LogP contribution in [-0.2, 0) is 0 Å². The number of alkyl halides is 1. The third-order valence-electron chi connectivity index (χ3n) is 2.20. The predicted molar refractivity (Wildman–Crippen MR) is 50.0 cm³/mol. The van der Waals surface area contributed by atoms with Gasteiger partial charge in [-0.15, -0.1) is 18.2 Å². The zero-order valence-corrected chi connectivity index (χ0v) is 7.61. The standard InChI is InChI=1S/C9H16ClN/c1-2-5-11-7-8-3-4-9(10)6-8/h2,8-9,11H,1,3-7H2. The van der Waals surface area contributed by atoms with E-state index in [1.165, 1.54) is 19.3 Å². The van der Waals surface area contributed by atoms with Gasteiger partial charge in [-0.2, -0.15) is 0 Å². The quantitative estimate of drug-likeness (QED) is 0.391. The van der Waals surface area contributed by atoms with Crippen LogP contribution in [-0.4, -0.2) is 18.5 Å². The smallest absolute Gasteiger partial charge is 0.0339 e. The van der Waals surface area contributed by atoms with Gasteiger partial charge in [-0.3, -0.25) is 0 Å². The van der Waals surface area contributed by atoms with Gasteiger partial charge in [0, 0.05) is 11.9 Å². The summed E-state index contributed by atoms with van der Waals surface area (Å²) in [5, 5.41) is 3.76. The van der Waals surface area contributed by atoms with Gasteiger partial charge in [0.05, 0.1) is 0 Å². The van der Waals surface area contributed by atoms with Crippen LogP contribution >= 0.6 is 11.6 Å². The lowest BCUT2D eigenvalue weighted by Crippen LogP contribution is -2.21. The van der Waals surface area contributed by atoms with Gasteiger partial charge >= 0.3 is 0 Å². The summed E-state index contributed by atoms with van der Waals surface area (Å²) in [6.07, 6.45) is 5.57. The Balaban J connectivity index is 2.03. The van der Waals surface area contributed by atoms with Crippen molar-refractivity contribution >= 4 is 11.6 Å². The second kappa shape index (κ2) is 4.78. The van der Waals surface area contributed by atoms with Crippen LogP contribution in [0.3, 0.4) is 0 Å². The SMILES string of the molecule is C=CCNCC1CCC(Cl)C1. The fourth-order valence-electron chi connectivity index (χ4n) is 1.59. The zero-order chi connectivity index (χ0) is 8.10. The molecule has 0 bridgehead atoms. The fourth-order valence-corrected chi connectivity index (χ4v) is 1.97. The second-order valence-corrected chi connectivity index (χ2v) is 3.84. The number of rotatable bonds is 4. The van der Waals surface area contributed by atoms with Crippen LogP contribution in [0.5, 0.6) is 0 Å². The summed E-state index contributed by atoms with van der Waals surface area (Å²) >= 11 is 5.97. The minimum atomic E-state index is 0.436. The van der Waals surface area contributed by atoms with Crippen LogP contribution in [0.4, 0.5) is 0 Å². The predicted octanol–water partition coefficient (Wildman–Crippen LogP) is 2.17. The van der Waals surface area contributed by atoms with Crippen LogP contribution in [0.25, 0.3) is 0 Å². The molecule has 1 N–H and O–H groups in total. The molecular formula is C9H16ClN. The van der Waals surface area contributed by atoms with Crippen LogP contribution in [0.15, 0.2) is 12.7 Å². The summed E-state index contributed by atoms with van der Waals surface area (Å²) in [5.41, 5.74) is 0. The van der Waals surface area contributed by atoms with E-state index in [1.54, 1.807) is 0 Å². The molecule has 0 aromatic carbocycles. The molecule has 0 radical (unpaired) electrons. The highest BCUT2D eigenvalue weighted by Gasteiger charge is 2.21. The lowest BCUT2D eigenvalue weighted by molar-refractivity contribution is 0.506. The zero-order valence-electron chi connectivity index (χ0n) is 6.85. The summed E-state index contributed by atoms with van der Waals surface area (Å²) in [4.78, 5) is 0. The molecule has 1 aliphatic carbocycles. The van der Waals surface area contributed by atoms with Crippen molar-refractivity contribution in [1.29, 1.82) is 0 Å². The highest BCUT2D eigenvalue weighted by Crippen LogP contribution is 2.28. The monoisotopic (exact) mass is 173 g/mol. The molecule has 2 unspecified atom stereocenters. The summed E-state index contributed by atoms with van der Waals surface area (Å²) in [6, 6.07) is 0. The van der Waals surface area contributed by atoms with Crippen molar-refractivity contribution in [3.8, 4) is 0 Å². The average Bonchev–Trinajstić information content (AvgIpc) is 2.37. The minimum Gasteiger partial charge on any atom is -0.313 e. The summed E-state index contributed by atoms with van der Waals surface area (Å²) in [6.45, 7) is 5.68. The Morgan fingerprint density at radius 1 is 1.55 bits per heavy atom. The van der Waals surface area contributed by atoms with Crippen molar-refractivity contribution < 1.29 is 0 Å². The van der Waals surface area contributed by atoms with E-state index in [1.807, 2.05) is 6.08 Å². The molecule has 64 valence electrons. The van der Waals surface area contributed by atoms with Gasteiger partial charge in [-0.25, -0.2) is 0 Å². The largest absolute Gasteiger partial charge is 0.313 e. The molecule has 2 heteroatoms. The summed E-state index contributed by atoms with van der Waals surface area (Å²) in [7, 11) is 0. The van der Waals surface area contributed by atoms with E-state index in [-0.39, 0.29) is 0 Å². The molecule has 1 saturated carbocycles. The Hall–Kier alpha value is -0.0100. The first kappa shape index (κ1) is 9.08. The molecule has 0 spiro atoms. The van der Waals surface area contributed by atoms with Crippen molar-refractivity contribution in [2.45, 2.75) is 24.6 Å². The van der Waals surface area contributed by atoms with Crippen LogP contribution in [0, 0.1) is 5.92 Å². The number of nitrogens with one attached hydrogen (secondary N) is 1. The van der Waals surface area contributed by atoms with E-state index in [0.717, 1.165) is 19.0 Å². The Kier molecular flexibility index (Phi) is 3.95. The second-order valence-electron chi connectivity index (χ2n) is 3.22. The van der Waals surface area contributed by atoms with Gasteiger partial charge in [0.2, 0.25) is 0 Å². The summed E-state index contributed by atoms with van der Waals surface area (Å²) in [5.74, 6) is 0.803. The first-order valence-electron chi connectivity index (χ1n) is 4.28. The van der Waals surface area contributed by atoms with Crippen molar-refractivity contribution in [1.82, 2.24) is 5.32 Å². The van der Waals surface area contributed by atoms with E-state index >= 15 is 0 Å². The normalized spacial score (nSPS) is 30.6. The molecule has 2 atom stereocenters. The van der Waals surface area contributed by atoms with Crippen LogP contribution in [0.2, 0.25) is 0 Å². The Morgan fingerprint density at radius 3 is 2.91 bits per heavy atom. The molecule has 0 aromatic rings. The number of hydrogen-bond donors (Lipinski definition) is 1. The van der Waals surface area contributed by atoms with Crippen LogP contribution in [0.1, 0.15) is 19.3 Å². The van der Waals surface area contributed by atoms with Gasteiger partial charge in [-0.1, -0.05) is 6.08 Å². The first-order chi connectivity index (χ1) is 5.33. The third-order valence-corrected chi connectivity index (χ3v) is 2.60. The Bertz CT molecular complexity index is 125. The molecule has 0 saturated heterocycles. The van der Waals surface area contributed by atoms with Gasteiger partial charge in [0.1, 0.15) is 0 Å². The average molecular weight is 174 g/mol. The molecule has 0 aromatic heterocycles. The number of hydrogen-bond acceptors (Lipinski definition) is 1. The Morgan fingerprint density at radius 2 is 2.36 bits per heavy atom. The molecule has 11 heavy (non-hydrogen) atoms. The minimum absolute atomic E-state index is 0.436. The van der Waals surface area contributed by atoms with E-state index in [2.05, 4.69) is 11.9 Å². The van der Waals surface area contributed by atoms with Gasteiger partial charge in [0.15, 0.2) is 0 Å². The molecule has 1 nitrogen and oxygen atoms in total. The lowest BCUT2D eigenvalue weighted by Gasteiger charge is -2.08. The van der Waals surface area contributed by atoms with E-state index in [9.17, 15) is 0 Å². The molecule has 0 heterocycles. The molecule has 1 fully saturated rings.